The number of piperidine rings is 1. The van der Waals surface area contributed by atoms with Crippen molar-refractivity contribution in [2.45, 2.75) is 65.0 Å². The van der Waals surface area contributed by atoms with Crippen LogP contribution in [0.1, 0.15) is 63.2 Å². The number of nitrogens with one attached hydrogen (secondary N) is 1. The average Bonchev–Trinajstić information content (AvgIpc) is 3.68. The van der Waals surface area contributed by atoms with Gasteiger partial charge in [-0.1, -0.05) is 0 Å². The van der Waals surface area contributed by atoms with Crippen molar-refractivity contribution >= 4 is 17.6 Å². The van der Waals surface area contributed by atoms with Crippen LogP contribution in [0, 0.1) is 23.1 Å². The number of benzene rings is 1. The van der Waals surface area contributed by atoms with Gasteiger partial charge < -0.3 is 24.8 Å². The largest absolute Gasteiger partial charge is 0.434 e. The molecule has 1 N–H and O–H groups in total. The molecule has 41 heavy (non-hydrogen) atoms. The first-order chi connectivity index (χ1) is 19.8. The van der Waals surface area contributed by atoms with Crippen molar-refractivity contribution in [3.63, 3.8) is 0 Å². The first kappa shape index (κ1) is 27.8. The highest BCUT2D eigenvalue weighted by atomic mass is 19.1. The number of ether oxygens (including phenoxy) is 1. The summed E-state index contributed by atoms with van der Waals surface area (Å²) in [5.41, 5.74) is 0.253. The van der Waals surface area contributed by atoms with Gasteiger partial charge in [-0.2, -0.15) is 0 Å². The maximum atomic E-state index is 14.2. The number of nitrogens with zero attached hydrogens (tertiary/aromatic N) is 6. The Morgan fingerprint density at radius 3 is 2.63 bits per heavy atom. The SMILES string of the molecule is CCN(C(=O)c1cc(F)ccc1Oc1nncnc1N1CC2(CCN(C(=O)[C@@H]3NCC[C@H]3C3CC3)CC2)C1)C(C)C. The van der Waals surface area contributed by atoms with Crippen LogP contribution in [-0.2, 0) is 4.79 Å². The number of hydrogen-bond donors (Lipinski definition) is 1. The highest BCUT2D eigenvalue weighted by Gasteiger charge is 2.49. The van der Waals surface area contributed by atoms with Crippen molar-refractivity contribution in [3.05, 3.63) is 35.9 Å². The number of carbonyl (C=O) groups is 2. The highest BCUT2D eigenvalue weighted by molar-refractivity contribution is 5.97. The molecule has 4 aliphatic rings. The smallest absolute Gasteiger partial charge is 0.282 e. The molecule has 4 heterocycles. The van der Waals surface area contributed by atoms with Gasteiger partial charge in [0.2, 0.25) is 5.91 Å². The summed E-state index contributed by atoms with van der Waals surface area (Å²) in [6.07, 6.45) is 6.94. The van der Waals surface area contributed by atoms with Gasteiger partial charge in [0.25, 0.3) is 11.8 Å². The second-order valence-corrected chi connectivity index (χ2v) is 12.4. The first-order valence-electron chi connectivity index (χ1n) is 15.0. The van der Waals surface area contributed by atoms with Gasteiger partial charge in [0.15, 0.2) is 5.82 Å². The molecule has 0 unspecified atom stereocenters. The summed E-state index contributed by atoms with van der Waals surface area (Å²) >= 11 is 0. The van der Waals surface area contributed by atoms with Crippen LogP contribution in [0.3, 0.4) is 0 Å². The van der Waals surface area contributed by atoms with E-state index in [0.717, 1.165) is 57.9 Å². The standard InChI is InChI=1S/C30H40FN7O3/c1-4-38(19(2)3)28(39)23-15-21(31)7-8-24(23)41-27-26(33-18-34-35-27)37-16-30(17-37)10-13-36(14-11-30)29(40)25-22(9-12-32-25)20-5-6-20/h7-8,15,18-20,22,25,32H,4-6,9-14,16-17H2,1-3H3/t22-,25+/m0/s1. The van der Waals surface area contributed by atoms with Gasteiger partial charge in [0, 0.05) is 44.2 Å². The van der Waals surface area contributed by atoms with Crippen LogP contribution in [0.4, 0.5) is 10.2 Å². The lowest BCUT2D eigenvalue weighted by molar-refractivity contribution is -0.137. The normalized spacial score (nSPS) is 23.5. The third-order valence-corrected chi connectivity index (χ3v) is 9.43. The average molecular weight is 566 g/mol. The highest BCUT2D eigenvalue weighted by Crippen LogP contribution is 2.46. The lowest BCUT2D eigenvalue weighted by Gasteiger charge is -2.54. The Morgan fingerprint density at radius 1 is 1.20 bits per heavy atom. The van der Waals surface area contributed by atoms with Gasteiger partial charge in [-0.05, 0) is 89.5 Å². The Morgan fingerprint density at radius 2 is 1.95 bits per heavy atom. The minimum absolute atomic E-state index is 0.00517. The Kier molecular flexibility index (Phi) is 7.56. The maximum Gasteiger partial charge on any atom is 0.282 e. The van der Waals surface area contributed by atoms with Crippen molar-refractivity contribution in [1.29, 1.82) is 0 Å². The van der Waals surface area contributed by atoms with E-state index in [0.29, 0.717) is 18.3 Å². The number of aromatic nitrogens is 3. The zero-order chi connectivity index (χ0) is 28.7. The zero-order valence-corrected chi connectivity index (χ0v) is 24.2. The van der Waals surface area contributed by atoms with Crippen molar-refractivity contribution in [3.8, 4) is 11.6 Å². The minimum Gasteiger partial charge on any atom is -0.434 e. The molecular weight excluding hydrogens is 525 g/mol. The molecule has 2 amide bonds. The lowest BCUT2D eigenvalue weighted by atomic mass is 9.72. The van der Waals surface area contributed by atoms with Crippen LogP contribution in [0.25, 0.3) is 0 Å². The molecule has 2 atom stereocenters. The second kappa shape index (κ2) is 11.2. The Bertz CT molecular complexity index is 1290. The van der Waals surface area contributed by atoms with Gasteiger partial charge in [-0.3, -0.25) is 9.59 Å². The molecule has 2 aromatic rings. The third-order valence-electron chi connectivity index (χ3n) is 9.43. The van der Waals surface area contributed by atoms with E-state index >= 15 is 0 Å². The summed E-state index contributed by atoms with van der Waals surface area (Å²) in [6.45, 7) is 10.3. The Labute approximate surface area is 240 Å². The van der Waals surface area contributed by atoms with Crippen LogP contribution < -0.4 is 15.0 Å². The van der Waals surface area contributed by atoms with E-state index in [-0.39, 0.29) is 46.5 Å². The molecular formula is C30H40FN7O3. The van der Waals surface area contributed by atoms with E-state index < -0.39 is 5.82 Å². The Hall–Kier alpha value is -3.34. The zero-order valence-electron chi connectivity index (χ0n) is 24.2. The van der Waals surface area contributed by atoms with Gasteiger partial charge in [0.1, 0.15) is 17.9 Å². The van der Waals surface area contributed by atoms with E-state index in [9.17, 15) is 14.0 Å². The number of halogens is 1. The predicted octanol–water partition coefficient (Wildman–Crippen LogP) is 3.49. The fraction of sp³-hybridized carbons (Fsp3) is 0.633. The molecule has 4 fully saturated rings. The second-order valence-electron chi connectivity index (χ2n) is 12.4. The summed E-state index contributed by atoms with van der Waals surface area (Å²) in [4.78, 5) is 36.9. The van der Waals surface area contributed by atoms with Crippen molar-refractivity contribution < 1.29 is 18.7 Å². The van der Waals surface area contributed by atoms with Gasteiger partial charge in [0.05, 0.1) is 11.6 Å². The molecule has 0 radical (unpaired) electrons. The van der Waals surface area contributed by atoms with Crippen molar-refractivity contribution in [2.24, 2.45) is 17.3 Å². The van der Waals surface area contributed by atoms with Gasteiger partial charge >= 0.3 is 0 Å². The molecule has 10 nitrogen and oxygen atoms in total. The molecule has 1 aromatic heterocycles. The van der Waals surface area contributed by atoms with Gasteiger partial charge in [-0.25, -0.2) is 9.37 Å². The van der Waals surface area contributed by atoms with E-state index in [1.54, 1.807) is 4.90 Å². The molecule has 1 aromatic carbocycles. The fourth-order valence-electron chi connectivity index (χ4n) is 6.96. The van der Waals surface area contributed by atoms with Crippen molar-refractivity contribution in [2.75, 3.05) is 44.2 Å². The monoisotopic (exact) mass is 565 g/mol. The van der Waals surface area contributed by atoms with Crippen LogP contribution >= 0.6 is 0 Å². The molecule has 1 spiro atoms. The van der Waals surface area contributed by atoms with Gasteiger partial charge in [-0.15, -0.1) is 10.2 Å². The summed E-state index contributed by atoms with van der Waals surface area (Å²) in [7, 11) is 0. The predicted molar refractivity (Wildman–Crippen MR) is 151 cm³/mol. The number of rotatable bonds is 8. The third kappa shape index (κ3) is 5.48. The minimum atomic E-state index is -0.515. The number of anilines is 1. The molecule has 11 heteroatoms. The first-order valence-corrected chi connectivity index (χ1v) is 15.0. The maximum absolute atomic E-state index is 14.2. The fourth-order valence-corrected chi connectivity index (χ4v) is 6.96. The summed E-state index contributed by atoms with van der Waals surface area (Å²) in [5.74, 6) is 1.64. The molecule has 0 bridgehead atoms. The summed E-state index contributed by atoms with van der Waals surface area (Å²) in [5, 5.41) is 11.6. The quantitative estimate of drug-likeness (QED) is 0.519. The van der Waals surface area contributed by atoms with E-state index in [4.69, 9.17) is 4.74 Å². The molecule has 1 saturated carbocycles. The molecule has 1 aliphatic carbocycles. The van der Waals surface area contributed by atoms with Crippen molar-refractivity contribution in [1.82, 2.24) is 30.3 Å². The lowest BCUT2D eigenvalue weighted by Crippen LogP contribution is -2.62. The summed E-state index contributed by atoms with van der Waals surface area (Å²) in [6, 6.07) is 3.86. The van der Waals surface area contributed by atoms with Crippen LogP contribution in [-0.4, -0.2) is 88.1 Å². The molecule has 220 valence electrons. The van der Waals surface area contributed by atoms with E-state index in [1.807, 2.05) is 20.8 Å². The van der Waals surface area contributed by atoms with Crippen LogP contribution in [0.15, 0.2) is 24.5 Å². The summed E-state index contributed by atoms with van der Waals surface area (Å²) < 4.78 is 20.3. The number of hydrogen-bond acceptors (Lipinski definition) is 8. The molecule has 6 rings (SSSR count). The Balaban J connectivity index is 1.11. The van der Waals surface area contributed by atoms with E-state index in [1.165, 1.54) is 37.4 Å². The number of amides is 2. The topological polar surface area (TPSA) is 104 Å². The van der Waals surface area contributed by atoms with Crippen LogP contribution in [0.5, 0.6) is 11.6 Å². The number of carbonyl (C=O) groups excluding carboxylic acids is 2. The molecule has 3 aliphatic heterocycles. The number of likely N-dealkylation sites (tertiary alicyclic amines) is 1. The van der Waals surface area contributed by atoms with E-state index in [2.05, 4.69) is 30.3 Å². The van der Waals surface area contributed by atoms with Crippen LogP contribution in [0.2, 0.25) is 0 Å². The molecule has 3 saturated heterocycles.